The van der Waals surface area contributed by atoms with Crippen molar-refractivity contribution < 1.29 is 4.57 Å². The quantitative estimate of drug-likeness (QED) is 0.294. The molecular formula is C30H26NOP. The van der Waals surface area contributed by atoms with E-state index in [0.717, 1.165) is 44.1 Å². The van der Waals surface area contributed by atoms with E-state index < -0.39 is 7.29 Å². The molecule has 0 spiro atoms. The first-order valence-electron chi connectivity index (χ1n) is 11.2. The molecule has 0 saturated heterocycles. The molecule has 1 aliphatic heterocycles. The minimum Gasteiger partial charge on any atom is -0.288 e. The minimum absolute atomic E-state index is 0.769. The van der Waals surface area contributed by atoms with Crippen LogP contribution in [0, 0.1) is 20.8 Å². The summed E-state index contributed by atoms with van der Waals surface area (Å²) in [6.45, 7) is 6.29. The van der Waals surface area contributed by atoms with E-state index in [2.05, 4.69) is 69.3 Å². The Balaban J connectivity index is 1.71. The summed E-state index contributed by atoms with van der Waals surface area (Å²) < 4.78 is 19.6. The standard InChI is InChI=1S/C30H26NOP/c1-21-12-10-11-17-27(21)28-20-29(33(32,31-28)26-15-8-5-9-16-26)30-22(2)18-25(19-23(30)3)24-13-6-4-7-14-24/h4-20H,1-3H3. The summed E-state index contributed by atoms with van der Waals surface area (Å²) in [5.41, 5.74) is 8.55. The molecule has 0 radical (unpaired) electrons. The first-order chi connectivity index (χ1) is 16.0. The highest BCUT2D eigenvalue weighted by molar-refractivity contribution is 7.80. The molecule has 1 atom stereocenters. The van der Waals surface area contributed by atoms with Crippen molar-refractivity contribution in [2.24, 2.45) is 4.76 Å². The predicted octanol–water partition coefficient (Wildman–Crippen LogP) is 7.73. The Morgan fingerprint density at radius 2 is 1.21 bits per heavy atom. The van der Waals surface area contributed by atoms with Crippen LogP contribution in [0.1, 0.15) is 27.8 Å². The van der Waals surface area contributed by atoms with Gasteiger partial charge in [0, 0.05) is 16.2 Å². The van der Waals surface area contributed by atoms with Gasteiger partial charge in [-0.1, -0.05) is 84.9 Å². The lowest BCUT2D eigenvalue weighted by molar-refractivity contribution is 0.589. The van der Waals surface area contributed by atoms with E-state index >= 15 is 0 Å². The lowest BCUT2D eigenvalue weighted by Crippen LogP contribution is -2.04. The molecular weight excluding hydrogens is 421 g/mol. The van der Waals surface area contributed by atoms with Crippen molar-refractivity contribution in [3.05, 3.63) is 131 Å². The van der Waals surface area contributed by atoms with E-state index in [1.54, 1.807) is 0 Å². The predicted molar refractivity (Wildman–Crippen MR) is 141 cm³/mol. The number of nitrogens with zero attached hydrogens (tertiary/aromatic N) is 1. The molecule has 0 saturated carbocycles. The molecule has 0 bridgehead atoms. The van der Waals surface area contributed by atoms with Crippen molar-refractivity contribution in [1.29, 1.82) is 0 Å². The molecule has 2 nitrogen and oxygen atoms in total. The molecule has 0 aliphatic carbocycles. The summed E-state index contributed by atoms with van der Waals surface area (Å²) in [7, 11) is -3.19. The molecule has 0 amide bonds. The van der Waals surface area contributed by atoms with Gasteiger partial charge in [-0.2, -0.15) is 0 Å². The number of allylic oxidation sites excluding steroid dienone is 1. The summed E-state index contributed by atoms with van der Waals surface area (Å²) in [6, 6.07) is 32.6. The van der Waals surface area contributed by atoms with Crippen LogP contribution in [0.4, 0.5) is 0 Å². The van der Waals surface area contributed by atoms with Crippen molar-refractivity contribution in [3.8, 4) is 11.1 Å². The van der Waals surface area contributed by atoms with Crippen molar-refractivity contribution in [2.45, 2.75) is 20.8 Å². The Labute approximate surface area is 195 Å². The second kappa shape index (κ2) is 8.46. The Bertz CT molecular complexity index is 1430. The van der Waals surface area contributed by atoms with Gasteiger partial charge in [0.25, 0.3) is 0 Å². The Hall–Kier alpha value is -3.48. The van der Waals surface area contributed by atoms with Crippen LogP contribution in [0.5, 0.6) is 0 Å². The molecule has 4 aromatic carbocycles. The lowest BCUT2D eigenvalue weighted by atomic mass is 9.94. The van der Waals surface area contributed by atoms with Gasteiger partial charge in [-0.05, 0) is 72.4 Å². The largest absolute Gasteiger partial charge is 0.288 e. The van der Waals surface area contributed by atoms with Crippen molar-refractivity contribution in [3.63, 3.8) is 0 Å². The van der Waals surface area contributed by atoms with Gasteiger partial charge in [-0.15, -0.1) is 0 Å². The molecule has 1 aliphatic rings. The van der Waals surface area contributed by atoms with Gasteiger partial charge >= 0.3 is 0 Å². The summed E-state index contributed by atoms with van der Waals surface area (Å²) in [4.78, 5) is 0. The van der Waals surface area contributed by atoms with Crippen molar-refractivity contribution in [2.75, 3.05) is 0 Å². The van der Waals surface area contributed by atoms with Gasteiger partial charge in [0.2, 0.25) is 7.29 Å². The van der Waals surface area contributed by atoms with Crippen molar-refractivity contribution >= 4 is 23.6 Å². The Morgan fingerprint density at radius 1 is 0.636 bits per heavy atom. The summed E-state index contributed by atoms with van der Waals surface area (Å²) >= 11 is 0. The zero-order valence-electron chi connectivity index (χ0n) is 19.1. The highest BCUT2D eigenvalue weighted by Gasteiger charge is 2.37. The van der Waals surface area contributed by atoms with Gasteiger partial charge < -0.3 is 0 Å². The third-order valence-electron chi connectivity index (χ3n) is 6.27. The molecule has 0 aromatic heterocycles. The van der Waals surface area contributed by atoms with E-state index in [1.165, 1.54) is 11.1 Å². The van der Waals surface area contributed by atoms with Crippen LogP contribution < -0.4 is 5.30 Å². The monoisotopic (exact) mass is 447 g/mol. The second-order valence-corrected chi connectivity index (χ2v) is 10.9. The number of hydrogen-bond acceptors (Lipinski definition) is 1. The van der Waals surface area contributed by atoms with E-state index in [-0.39, 0.29) is 0 Å². The van der Waals surface area contributed by atoms with Crippen LogP contribution in [0.25, 0.3) is 16.4 Å². The molecule has 3 heteroatoms. The summed E-state index contributed by atoms with van der Waals surface area (Å²) in [6.07, 6.45) is 2.05. The molecule has 4 aromatic rings. The molecule has 162 valence electrons. The molecule has 1 unspecified atom stereocenters. The van der Waals surface area contributed by atoms with Gasteiger partial charge in [0.15, 0.2) is 0 Å². The van der Waals surface area contributed by atoms with Gasteiger partial charge in [-0.3, -0.25) is 4.57 Å². The third-order valence-corrected chi connectivity index (χ3v) is 8.77. The normalized spacial score (nSPS) is 17.5. The average molecular weight is 448 g/mol. The van der Waals surface area contributed by atoms with Gasteiger partial charge in [0.05, 0.1) is 5.71 Å². The molecule has 0 fully saturated rings. The number of rotatable bonds is 4. The number of benzene rings is 4. The van der Waals surface area contributed by atoms with Crippen LogP contribution in [0.15, 0.2) is 108 Å². The highest BCUT2D eigenvalue weighted by atomic mass is 31.2. The number of hydrogen-bond donors (Lipinski definition) is 0. The smallest absolute Gasteiger partial charge is 0.248 e. The fourth-order valence-corrected chi connectivity index (χ4v) is 7.16. The van der Waals surface area contributed by atoms with Crippen LogP contribution in [0.3, 0.4) is 0 Å². The SMILES string of the molecule is Cc1ccccc1C1=NP(=O)(c2ccccc2)C(c2c(C)cc(-c3ccccc3)cc2C)=C1. The molecule has 1 heterocycles. The maximum atomic E-state index is 14.6. The molecule has 33 heavy (non-hydrogen) atoms. The van der Waals surface area contributed by atoms with Crippen LogP contribution in [-0.4, -0.2) is 5.71 Å². The minimum atomic E-state index is -3.19. The third kappa shape index (κ3) is 3.81. The average Bonchev–Trinajstić information content (AvgIpc) is 3.18. The van der Waals surface area contributed by atoms with E-state index in [0.29, 0.717) is 0 Å². The second-order valence-electron chi connectivity index (χ2n) is 8.59. The van der Waals surface area contributed by atoms with Gasteiger partial charge in [0.1, 0.15) is 0 Å². The summed E-state index contributed by atoms with van der Waals surface area (Å²) in [5.74, 6) is 0. The lowest BCUT2D eigenvalue weighted by Gasteiger charge is -2.19. The zero-order valence-corrected chi connectivity index (χ0v) is 20.0. The Kier molecular flexibility index (Phi) is 5.48. The van der Waals surface area contributed by atoms with E-state index in [4.69, 9.17) is 4.76 Å². The van der Waals surface area contributed by atoms with Crippen LogP contribution in [0.2, 0.25) is 0 Å². The summed E-state index contributed by atoms with van der Waals surface area (Å²) in [5, 5.41) is 1.59. The van der Waals surface area contributed by atoms with Crippen LogP contribution >= 0.6 is 7.29 Å². The maximum absolute atomic E-state index is 14.6. The fraction of sp³-hybridized carbons (Fsp3) is 0.100. The maximum Gasteiger partial charge on any atom is 0.248 e. The first kappa shape index (κ1) is 21.4. The van der Waals surface area contributed by atoms with E-state index in [9.17, 15) is 4.57 Å². The van der Waals surface area contributed by atoms with E-state index in [1.807, 2.05) is 54.6 Å². The van der Waals surface area contributed by atoms with Gasteiger partial charge in [-0.25, -0.2) is 4.76 Å². The van der Waals surface area contributed by atoms with Crippen molar-refractivity contribution in [1.82, 2.24) is 0 Å². The molecule has 0 N–H and O–H groups in total. The highest BCUT2D eigenvalue weighted by Crippen LogP contribution is 2.63. The first-order valence-corrected chi connectivity index (χ1v) is 12.8. The zero-order chi connectivity index (χ0) is 23.0. The van der Waals surface area contributed by atoms with Crippen LogP contribution in [-0.2, 0) is 4.57 Å². The topological polar surface area (TPSA) is 29.4 Å². The Morgan fingerprint density at radius 3 is 1.85 bits per heavy atom. The number of aryl methyl sites for hydroxylation is 3. The molecule has 5 rings (SSSR count). The fourth-order valence-electron chi connectivity index (χ4n) is 4.66.